The van der Waals surface area contributed by atoms with Crippen molar-refractivity contribution in [3.63, 3.8) is 0 Å². The molecule has 0 aromatic carbocycles. The molecule has 0 aliphatic heterocycles. The second-order valence-electron chi connectivity index (χ2n) is 4.50. The predicted molar refractivity (Wildman–Crippen MR) is 65.0 cm³/mol. The van der Waals surface area contributed by atoms with Gasteiger partial charge in [0.05, 0.1) is 18.9 Å². The first-order chi connectivity index (χ1) is 8.43. The number of hydrogen-bond donors (Lipinski definition) is 1. The highest BCUT2D eigenvalue weighted by atomic mass is 32.2. The van der Waals surface area contributed by atoms with Crippen molar-refractivity contribution in [2.24, 2.45) is 0 Å². The Kier molecular flexibility index (Phi) is 5.11. The Morgan fingerprint density at radius 1 is 1.44 bits per heavy atom. The number of nitrogens with one attached hydrogen (secondary N) is 1. The van der Waals surface area contributed by atoms with Gasteiger partial charge in [0.25, 0.3) is 0 Å². The molecule has 18 heavy (non-hydrogen) atoms. The lowest BCUT2D eigenvalue weighted by atomic mass is 10.0. The normalized spacial score (nSPS) is 18.2. The second kappa shape index (κ2) is 6.16. The van der Waals surface area contributed by atoms with Gasteiger partial charge in [-0.15, -0.1) is 0 Å². The molecule has 1 rings (SSSR count). The number of hydrogen-bond acceptors (Lipinski definition) is 5. The maximum absolute atomic E-state index is 11.8. The summed E-state index contributed by atoms with van der Waals surface area (Å²) in [6, 6.07) is 2.06. The van der Waals surface area contributed by atoms with Crippen LogP contribution >= 0.6 is 0 Å². The average molecular weight is 274 g/mol. The molecule has 1 saturated carbocycles. The third kappa shape index (κ3) is 4.27. The van der Waals surface area contributed by atoms with E-state index in [0.29, 0.717) is 12.8 Å². The first kappa shape index (κ1) is 14.9. The van der Waals surface area contributed by atoms with Crippen LogP contribution in [0.2, 0.25) is 0 Å². The molecule has 0 aromatic heterocycles. The molecule has 0 unspecified atom stereocenters. The first-order valence-corrected chi connectivity index (χ1v) is 7.58. The number of nitriles is 1. The smallest absolute Gasteiger partial charge is 0.305 e. The Labute approximate surface area is 107 Å². The molecular formula is C11H18N2O4S. The van der Waals surface area contributed by atoms with Crippen LogP contribution in [0, 0.1) is 11.3 Å². The molecule has 1 aliphatic carbocycles. The van der Waals surface area contributed by atoms with Gasteiger partial charge in [-0.05, 0) is 19.3 Å². The van der Waals surface area contributed by atoms with Crippen molar-refractivity contribution in [3.8, 4) is 6.07 Å². The highest BCUT2D eigenvalue weighted by Crippen LogP contribution is 2.29. The van der Waals surface area contributed by atoms with Crippen LogP contribution in [0.5, 0.6) is 0 Å². The molecule has 7 heteroatoms. The Bertz CT molecular complexity index is 432. The van der Waals surface area contributed by atoms with Crippen LogP contribution in [0.15, 0.2) is 0 Å². The van der Waals surface area contributed by atoms with Crippen LogP contribution in [-0.4, -0.2) is 32.8 Å². The zero-order valence-electron chi connectivity index (χ0n) is 10.4. The maximum Gasteiger partial charge on any atom is 0.305 e. The number of ether oxygens (including phenoxy) is 1. The third-order valence-electron chi connectivity index (χ3n) is 3.04. The molecule has 102 valence electrons. The van der Waals surface area contributed by atoms with Gasteiger partial charge in [-0.25, -0.2) is 8.42 Å². The van der Waals surface area contributed by atoms with Crippen molar-refractivity contribution >= 4 is 16.0 Å². The second-order valence-corrected chi connectivity index (χ2v) is 6.34. The molecule has 6 nitrogen and oxygen atoms in total. The van der Waals surface area contributed by atoms with E-state index in [2.05, 4.69) is 15.5 Å². The summed E-state index contributed by atoms with van der Waals surface area (Å²) >= 11 is 0. The van der Waals surface area contributed by atoms with Gasteiger partial charge in [0.1, 0.15) is 5.54 Å². The van der Waals surface area contributed by atoms with Crippen molar-refractivity contribution in [3.05, 3.63) is 0 Å². The van der Waals surface area contributed by atoms with E-state index in [0.717, 1.165) is 12.8 Å². The molecule has 0 spiro atoms. The summed E-state index contributed by atoms with van der Waals surface area (Å²) in [4.78, 5) is 10.9. The minimum atomic E-state index is -3.52. The van der Waals surface area contributed by atoms with Crippen molar-refractivity contribution < 1.29 is 17.9 Å². The van der Waals surface area contributed by atoms with Gasteiger partial charge in [0, 0.05) is 6.42 Å². The van der Waals surface area contributed by atoms with Crippen molar-refractivity contribution in [1.82, 2.24) is 4.72 Å². The Balaban J connectivity index is 2.49. The standard InChI is InChI=1S/C11H18N2O4S/c1-17-10(14)5-4-8-18(15,16)13-11(9-12)6-2-3-7-11/h13H,2-8H2,1H3. The number of sulfonamides is 1. The molecule has 1 fully saturated rings. The van der Waals surface area contributed by atoms with Gasteiger partial charge in [0.15, 0.2) is 0 Å². The van der Waals surface area contributed by atoms with E-state index in [9.17, 15) is 13.2 Å². The predicted octanol–water partition coefficient (Wildman–Crippen LogP) is 0.695. The third-order valence-corrected chi connectivity index (χ3v) is 4.57. The summed E-state index contributed by atoms with van der Waals surface area (Å²) in [5.74, 6) is -0.591. The quantitative estimate of drug-likeness (QED) is 0.719. The molecule has 0 atom stereocenters. The van der Waals surface area contributed by atoms with Gasteiger partial charge >= 0.3 is 5.97 Å². The Hall–Kier alpha value is -1.13. The molecule has 0 saturated heterocycles. The number of esters is 1. The largest absolute Gasteiger partial charge is 0.469 e. The number of nitrogens with zero attached hydrogens (tertiary/aromatic N) is 1. The molecule has 0 bridgehead atoms. The van der Waals surface area contributed by atoms with Crippen molar-refractivity contribution in [2.45, 2.75) is 44.1 Å². The van der Waals surface area contributed by atoms with Crippen LogP contribution in [0.25, 0.3) is 0 Å². The topological polar surface area (TPSA) is 96.3 Å². The van der Waals surface area contributed by atoms with Crippen molar-refractivity contribution in [1.29, 1.82) is 5.26 Å². The average Bonchev–Trinajstić information content (AvgIpc) is 2.77. The first-order valence-electron chi connectivity index (χ1n) is 5.93. The van der Waals surface area contributed by atoms with Crippen molar-refractivity contribution in [2.75, 3.05) is 12.9 Å². The van der Waals surface area contributed by atoms with E-state index in [1.807, 2.05) is 0 Å². The highest BCUT2D eigenvalue weighted by molar-refractivity contribution is 7.89. The SMILES string of the molecule is COC(=O)CCCS(=O)(=O)NC1(C#N)CCCC1. The van der Waals surface area contributed by atoms with Gasteiger partial charge in [-0.3, -0.25) is 4.79 Å². The molecule has 0 aromatic rings. The Morgan fingerprint density at radius 2 is 2.06 bits per heavy atom. The van der Waals surface area contributed by atoms with Crippen LogP contribution < -0.4 is 4.72 Å². The van der Waals surface area contributed by atoms with Crippen LogP contribution in [0.1, 0.15) is 38.5 Å². The van der Waals surface area contributed by atoms with Gasteiger partial charge in [-0.2, -0.15) is 9.98 Å². The maximum atomic E-state index is 11.8. The fraction of sp³-hybridized carbons (Fsp3) is 0.818. The monoisotopic (exact) mass is 274 g/mol. The number of rotatable bonds is 6. The van der Waals surface area contributed by atoms with E-state index in [1.54, 1.807) is 0 Å². The van der Waals surface area contributed by atoms with Crippen LogP contribution in [0.4, 0.5) is 0 Å². The summed E-state index contributed by atoms with van der Waals surface area (Å²) in [7, 11) is -2.26. The van der Waals surface area contributed by atoms with Crippen LogP contribution in [0.3, 0.4) is 0 Å². The summed E-state index contributed by atoms with van der Waals surface area (Å²) < 4.78 is 30.5. The van der Waals surface area contributed by atoms with Gasteiger partial charge in [0.2, 0.25) is 10.0 Å². The highest BCUT2D eigenvalue weighted by Gasteiger charge is 2.37. The summed E-state index contributed by atoms with van der Waals surface area (Å²) in [6.07, 6.45) is 3.09. The molecule has 0 heterocycles. The number of methoxy groups -OCH3 is 1. The molecule has 1 aliphatic rings. The minimum Gasteiger partial charge on any atom is -0.469 e. The zero-order chi connectivity index (χ0) is 13.6. The van der Waals surface area contributed by atoms with Gasteiger partial charge < -0.3 is 4.74 Å². The van der Waals surface area contributed by atoms with E-state index in [-0.39, 0.29) is 18.6 Å². The lowest BCUT2D eigenvalue weighted by Crippen LogP contribution is -2.45. The summed E-state index contributed by atoms with van der Waals surface area (Å²) in [6.45, 7) is 0. The summed E-state index contributed by atoms with van der Waals surface area (Å²) in [5, 5.41) is 9.08. The van der Waals surface area contributed by atoms with E-state index >= 15 is 0 Å². The summed E-state index contributed by atoms with van der Waals surface area (Å²) in [5.41, 5.74) is -0.940. The molecule has 0 radical (unpaired) electrons. The molecule has 1 N–H and O–H groups in total. The fourth-order valence-corrected chi connectivity index (χ4v) is 3.54. The van der Waals surface area contributed by atoms with E-state index in [4.69, 9.17) is 5.26 Å². The van der Waals surface area contributed by atoms with Crippen LogP contribution in [-0.2, 0) is 19.6 Å². The zero-order valence-corrected chi connectivity index (χ0v) is 11.3. The number of carbonyl (C=O) groups is 1. The molecule has 0 amide bonds. The van der Waals surface area contributed by atoms with Gasteiger partial charge in [-0.1, -0.05) is 12.8 Å². The molecular weight excluding hydrogens is 256 g/mol. The fourth-order valence-electron chi connectivity index (χ4n) is 2.07. The minimum absolute atomic E-state index is 0.0664. The lowest BCUT2D eigenvalue weighted by Gasteiger charge is -2.21. The van der Waals surface area contributed by atoms with E-state index < -0.39 is 21.5 Å². The Morgan fingerprint density at radius 3 is 2.56 bits per heavy atom. The van der Waals surface area contributed by atoms with E-state index in [1.165, 1.54) is 7.11 Å². The number of carbonyl (C=O) groups excluding carboxylic acids is 1. The lowest BCUT2D eigenvalue weighted by molar-refractivity contribution is -0.140.